The van der Waals surface area contributed by atoms with E-state index in [2.05, 4.69) is 0 Å². The highest BCUT2D eigenvalue weighted by molar-refractivity contribution is 7.89. The molecule has 0 aromatic heterocycles. The molecule has 1 aliphatic rings. The van der Waals surface area contributed by atoms with Crippen LogP contribution in [0.1, 0.15) is 19.8 Å². The van der Waals surface area contributed by atoms with E-state index in [9.17, 15) is 17.6 Å². The second-order valence-electron chi connectivity index (χ2n) is 5.61. The van der Waals surface area contributed by atoms with E-state index in [1.807, 2.05) is 6.92 Å². The summed E-state index contributed by atoms with van der Waals surface area (Å²) in [5, 5.41) is -0.222. The summed E-state index contributed by atoms with van der Waals surface area (Å²) in [6, 6.07) is 3.37. The minimum absolute atomic E-state index is 0.0284. The van der Waals surface area contributed by atoms with Gasteiger partial charge in [-0.3, -0.25) is 4.79 Å². The molecule has 0 aliphatic carbocycles. The molecule has 5 nitrogen and oxygen atoms in total. The molecule has 0 radical (unpaired) electrons. The quantitative estimate of drug-likeness (QED) is 0.826. The van der Waals surface area contributed by atoms with E-state index in [1.54, 1.807) is 11.9 Å². The van der Waals surface area contributed by atoms with Crippen molar-refractivity contribution in [2.45, 2.75) is 24.7 Å². The van der Waals surface area contributed by atoms with Gasteiger partial charge in [0, 0.05) is 32.6 Å². The van der Waals surface area contributed by atoms with Crippen LogP contribution in [0.3, 0.4) is 0 Å². The lowest BCUT2D eigenvalue weighted by atomic mass is 9.97. The summed E-state index contributed by atoms with van der Waals surface area (Å²) in [4.78, 5) is 13.8. The van der Waals surface area contributed by atoms with E-state index in [1.165, 1.54) is 10.4 Å². The normalized spacial score (nSPS) is 17.2. The predicted octanol–water partition coefficient (Wildman–Crippen LogP) is 2.36. The molecule has 2 rings (SSSR count). The van der Waals surface area contributed by atoms with Crippen LogP contribution in [0.15, 0.2) is 23.1 Å². The highest BCUT2D eigenvalue weighted by atomic mass is 35.5. The Morgan fingerprint density at radius 1 is 1.39 bits per heavy atom. The second-order valence-corrected chi connectivity index (χ2v) is 7.95. The molecule has 23 heavy (non-hydrogen) atoms. The van der Waals surface area contributed by atoms with Crippen LogP contribution in [0.25, 0.3) is 0 Å². The van der Waals surface area contributed by atoms with Crippen molar-refractivity contribution in [1.82, 2.24) is 9.21 Å². The van der Waals surface area contributed by atoms with Gasteiger partial charge in [-0.2, -0.15) is 4.31 Å². The smallest absolute Gasteiger partial charge is 0.243 e. The lowest BCUT2D eigenvalue weighted by Crippen LogP contribution is -2.43. The third-order valence-corrected chi connectivity index (χ3v) is 6.37. The number of carbonyl (C=O) groups is 1. The minimum Gasteiger partial charge on any atom is -0.346 e. The Kier molecular flexibility index (Phi) is 5.65. The zero-order valence-electron chi connectivity index (χ0n) is 13.1. The van der Waals surface area contributed by atoms with Gasteiger partial charge in [0.25, 0.3) is 0 Å². The Morgan fingerprint density at radius 2 is 2.00 bits per heavy atom. The van der Waals surface area contributed by atoms with Crippen molar-refractivity contribution in [2.75, 3.05) is 26.7 Å². The number of benzene rings is 1. The Bertz CT molecular complexity index is 688. The van der Waals surface area contributed by atoms with E-state index in [0.29, 0.717) is 19.4 Å². The first-order chi connectivity index (χ1) is 10.8. The first-order valence-corrected chi connectivity index (χ1v) is 9.29. The lowest BCUT2D eigenvalue weighted by Gasteiger charge is -2.32. The van der Waals surface area contributed by atoms with E-state index in [0.717, 1.165) is 12.1 Å². The monoisotopic (exact) mass is 362 g/mol. The Balaban J connectivity index is 2.09. The number of piperidine rings is 1. The highest BCUT2D eigenvalue weighted by Gasteiger charge is 2.33. The van der Waals surface area contributed by atoms with Gasteiger partial charge in [0.1, 0.15) is 5.82 Å². The van der Waals surface area contributed by atoms with E-state index in [-0.39, 0.29) is 34.8 Å². The van der Waals surface area contributed by atoms with Gasteiger partial charge in [0.15, 0.2) is 0 Å². The second kappa shape index (κ2) is 7.15. The Hall–Kier alpha value is -1.18. The van der Waals surface area contributed by atoms with Crippen molar-refractivity contribution in [2.24, 2.45) is 5.92 Å². The molecule has 1 fully saturated rings. The van der Waals surface area contributed by atoms with Crippen molar-refractivity contribution in [3.05, 3.63) is 29.0 Å². The predicted molar refractivity (Wildman–Crippen MR) is 86.2 cm³/mol. The molecule has 1 aliphatic heterocycles. The number of nitrogens with zero attached hydrogens (tertiary/aromatic N) is 2. The largest absolute Gasteiger partial charge is 0.346 e. The summed E-state index contributed by atoms with van der Waals surface area (Å²) < 4.78 is 39.7. The van der Waals surface area contributed by atoms with Gasteiger partial charge in [-0.1, -0.05) is 11.6 Å². The van der Waals surface area contributed by atoms with Crippen molar-refractivity contribution in [1.29, 1.82) is 0 Å². The van der Waals surface area contributed by atoms with Gasteiger partial charge >= 0.3 is 0 Å². The zero-order valence-corrected chi connectivity index (χ0v) is 14.7. The topological polar surface area (TPSA) is 57.7 Å². The van der Waals surface area contributed by atoms with E-state index in [4.69, 9.17) is 11.6 Å². The molecule has 8 heteroatoms. The van der Waals surface area contributed by atoms with Gasteiger partial charge in [-0.15, -0.1) is 0 Å². The molecule has 0 N–H and O–H groups in total. The van der Waals surface area contributed by atoms with Crippen LogP contribution in [-0.4, -0.2) is 50.2 Å². The summed E-state index contributed by atoms with van der Waals surface area (Å²) in [5.74, 6) is -0.755. The lowest BCUT2D eigenvalue weighted by molar-refractivity contribution is -0.135. The number of rotatable bonds is 4. The number of sulfonamides is 1. The third-order valence-electron chi connectivity index (χ3n) is 4.18. The maximum absolute atomic E-state index is 13.2. The van der Waals surface area contributed by atoms with Crippen molar-refractivity contribution in [3.63, 3.8) is 0 Å². The first kappa shape index (κ1) is 18.2. The molecule has 0 spiro atoms. The third kappa shape index (κ3) is 3.84. The Labute approximate surface area is 141 Å². The summed E-state index contributed by atoms with van der Waals surface area (Å²) in [7, 11) is -1.98. The fraction of sp³-hybridized carbons (Fsp3) is 0.533. The zero-order chi connectivity index (χ0) is 17.2. The van der Waals surface area contributed by atoms with Crippen LogP contribution in [0.5, 0.6) is 0 Å². The van der Waals surface area contributed by atoms with Crippen LogP contribution in [0.2, 0.25) is 5.02 Å². The molecule has 0 unspecified atom stereocenters. The molecule has 1 saturated heterocycles. The number of halogens is 2. The van der Waals surface area contributed by atoms with Crippen molar-refractivity contribution < 1.29 is 17.6 Å². The van der Waals surface area contributed by atoms with Crippen molar-refractivity contribution in [3.8, 4) is 0 Å². The number of hydrogen-bond donors (Lipinski definition) is 0. The van der Waals surface area contributed by atoms with Crippen LogP contribution >= 0.6 is 11.6 Å². The summed E-state index contributed by atoms with van der Waals surface area (Å²) in [5.41, 5.74) is 0. The molecule has 0 bridgehead atoms. The molecular formula is C15H20ClFN2O3S. The molecule has 0 atom stereocenters. The molecule has 1 amide bonds. The average molecular weight is 363 g/mol. The maximum atomic E-state index is 13.2. The number of amides is 1. The molecule has 1 aromatic carbocycles. The summed E-state index contributed by atoms with van der Waals surface area (Å²) in [6.07, 6.45) is 0.967. The molecule has 128 valence electrons. The standard InChI is InChI=1S/C15H20ClFN2O3S/c1-3-18(2)15(20)11-6-8-19(9-7-11)23(21,22)12-4-5-14(17)13(16)10-12/h4-5,10-11H,3,6-9H2,1-2H3. The summed E-state index contributed by atoms with van der Waals surface area (Å²) >= 11 is 5.67. The van der Waals surface area contributed by atoms with Crippen molar-refractivity contribution >= 4 is 27.5 Å². The van der Waals surface area contributed by atoms with E-state index >= 15 is 0 Å². The van der Waals surface area contributed by atoms with Crippen LogP contribution in [0.4, 0.5) is 4.39 Å². The maximum Gasteiger partial charge on any atom is 0.243 e. The van der Waals surface area contributed by atoms with Crippen LogP contribution < -0.4 is 0 Å². The molecule has 0 saturated carbocycles. The van der Waals surface area contributed by atoms with Gasteiger partial charge in [-0.05, 0) is 38.0 Å². The first-order valence-electron chi connectivity index (χ1n) is 7.47. The van der Waals surface area contributed by atoms with Crippen LogP contribution in [-0.2, 0) is 14.8 Å². The molecule has 1 aromatic rings. The fourth-order valence-corrected chi connectivity index (χ4v) is 4.34. The van der Waals surface area contributed by atoms with Gasteiger partial charge in [-0.25, -0.2) is 12.8 Å². The van der Waals surface area contributed by atoms with Gasteiger partial charge < -0.3 is 4.90 Å². The fourth-order valence-electron chi connectivity index (χ4n) is 2.60. The summed E-state index contributed by atoms with van der Waals surface area (Å²) in [6.45, 7) is 3.07. The number of hydrogen-bond acceptors (Lipinski definition) is 3. The molecule has 1 heterocycles. The van der Waals surface area contributed by atoms with Gasteiger partial charge in [0.05, 0.1) is 9.92 Å². The average Bonchev–Trinajstić information content (AvgIpc) is 2.55. The van der Waals surface area contributed by atoms with Gasteiger partial charge in [0.2, 0.25) is 15.9 Å². The number of carbonyl (C=O) groups excluding carboxylic acids is 1. The SMILES string of the molecule is CCN(C)C(=O)C1CCN(S(=O)(=O)c2ccc(F)c(Cl)c2)CC1. The van der Waals surface area contributed by atoms with Crippen LogP contribution in [0, 0.1) is 11.7 Å². The Morgan fingerprint density at radius 3 is 2.52 bits per heavy atom. The highest BCUT2D eigenvalue weighted by Crippen LogP contribution is 2.27. The minimum atomic E-state index is -3.72. The van der Waals surface area contributed by atoms with E-state index < -0.39 is 15.8 Å². The molecular weight excluding hydrogens is 343 g/mol.